The summed E-state index contributed by atoms with van der Waals surface area (Å²) in [6, 6.07) is 7.04. The van der Waals surface area contributed by atoms with Crippen molar-refractivity contribution in [3.8, 4) is 5.75 Å². The van der Waals surface area contributed by atoms with Gasteiger partial charge in [0.05, 0.1) is 0 Å². The number of ether oxygens (including phenoxy) is 1. The van der Waals surface area contributed by atoms with E-state index in [0.717, 1.165) is 11.3 Å². The Kier molecular flexibility index (Phi) is 7.16. The molecule has 0 atom stereocenters. The molecule has 1 aromatic carbocycles. The molecule has 0 aromatic heterocycles. The number of hydrazine groups is 1. The number of likely N-dealkylation sites (N-methyl/N-ethyl adjacent to an activating group) is 1. The van der Waals surface area contributed by atoms with E-state index in [9.17, 15) is 19.2 Å². The molecule has 0 saturated carbocycles. The molecular formula is C18H24N4O5. The highest BCUT2D eigenvalue weighted by atomic mass is 16.5. The van der Waals surface area contributed by atoms with E-state index in [4.69, 9.17) is 4.74 Å². The van der Waals surface area contributed by atoms with E-state index in [-0.39, 0.29) is 38.1 Å². The Balaban J connectivity index is 1.61. The molecule has 146 valence electrons. The zero-order chi connectivity index (χ0) is 19.8. The van der Waals surface area contributed by atoms with E-state index < -0.39 is 11.8 Å². The van der Waals surface area contributed by atoms with Crippen LogP contribution in [0, 0.1) is 0 Å². The van der Waals surface area contributed by atoms with Crippen LogP contribution in [-0.4, -0.2) is 60.3 Å². The molecule has 9 heteroatoms. The number of nitrogens with one attached hydrogen (secondary N) is 2. The second-order valence-corrected chi connectivity index (χ2v) is 6.17. The minimum atomic E-state index is -0.491. The number of benzene rings is 1. The lowest BCUT2D eigenvalue weighted by molar-refractivity contribution is -0.130. The zero-order valence-corrected chi connectivity index (χ0v) is 15.5. The Bertz CT molecular complexity index is 704. The fraction of sp³-hybridized carbons (Fsp3) is 0.444. The summed E-state index contributed by atoms with van der Waals surface area (Å²) < 4.78 is 5.33. The molecule has 1 heterocycles. The van der Waals surface area contributed by atoms with Gasteiger partial charge in [0.15, 0.2) is 6.61 Å². The van der Waals surface area contributed by atoms with Crippen molar-refractivity contribution >= 4 is 23.8 Å². The highest BCUT2D eigenvalue weighted by Gasteiger charge is 2.32. The van der Waals surface area contributed by atoms with Crippen LogP contribution in [0.15, 0.2) is 24.3 Å². The fourth-order valence-electron chi connectivity index (χ4n) is 2.49. The molecule has 0 unspecified atom stereocenters. The van der Waals surface area contributed by atoms with Crippen molar-refractivity contribution in [3.63, 3.8) is 0 Å². The van der Waals surface area contributed by atoms with Gasteiger partial charge >= 0.3 is 6.03 Å². The number of urea groups is 1. The predicted octanol–water partition coefficient (Wildman–Crippen LogP) is 0.449. The maximum Gasteiger partial charge on any atom is 0.326 e. The topological polar surface area (TPSA) is 108 Å². The number of hydrogen-bond acceptors (Lipinski definition) is 5. The third-order valence-electron chi connectivity index (χ3n) is 4.06. The van der Waals surface area contributed by atoms with Crippen molar-refractivity contribution in [2.45, 2.75) is 26.2 Å². The predicted molar refractivity (Wildman–Crippen MR) is 96.6 cm³/mol. The van der Waals surface area contributed by atoms with Gasteiger partial charge in [0.1, 0.15) is 12.3 Å². The Hall–Kier alpha value is -3.10. The Morgan fingerprint density at radius 1 is 1.11 bits per heavy atom. The summed E-state index contributed by atoms with van der Waals surface area (Å²) in [5.74, 6) is -0.614. The molecule has 2 rings (SSSR count). The normalized spacial score (nSPS) is 13.7. The van der Waals surface area contributed by atoms with Crippen LogP contribution in [-0.2, 0) is 20.8 Å². The molecule has 1 aromatic rings. The first-order valence-electron chi connectivity index (χ1n) is 8.75. The molecule has 5 amide bonds. The number of nitrogens with zero attached hydrogens (tertiary/aromatic N) is 2. The van der Waals surface area contributed by atoms with Gasteiger partial charge in [-0.15, -0.1) is 0 Å². The summed E-state index contributed by atoms with van der Waals surface area (Å²) in [4.78, 5) is 49.1. The van der Waals surface area contributed by atoms with Crippen molar-refractivity contribution in [3.05, 3.63) is 29.8 Å². The average molecular weight is 376 g/mol. The molecule has 1 fully saturated rings. The third-order valence-corrected chi connectivity index (χ3v) is 4.06. The highest BCUT2D eigenvalue weighted by Crippen LogP contribution is 2.12. The maximum atomic E-state index is 11.7. The van der Waals surface area contributed by atoms with Crippen LogP contribution < -0.4 is 15.6 Å². The monoisotopic (exact) mass is 376 g/mol. The van der Waals surface area contributed by atoms with Crippen LogP contribution in [0.5, 0.6) is 5.75 Å². The molecule has 1 aliphatic heterocycles. The van der Waals surface area contributed by atoms with Gasteiger partial charge < -0.3 is 9.64 Å². The first-order valence-corrected chi connectivity index (χ1v) is 8.75. The van der Waals surface area contributed by atoms with E-state index in [0.29, 0.717) is 12.2 Å². The van der Waals surface area contributed by atoms with Crippen LogP contribution in [0.4, 0.5) is 4.79 Å². The number of amides is 5. The molecule has 27 heavy (non-hydrogen) atoms. The molecular weight excluding hydrogens is 352 g/mol. The van der Waals surface area contributed by atoms with E-state index in [1.54, 1.807) is 19.2 Å². The van der Waals surface area contributed by atoms with E-state index >= 15 is 0 Å². The summed E-state index contributed by atoms with van der Waals surface area (Å²) in [7, 11) is 1.54. The smallest absolute Gasteiger partial charge is 0.326 e. The average Bonchev–Trinajstić information content (AvgIpc) is 2.91. The minimum Gasteiger partial charge on any atom is -0.484 e. The summed E-state index contributed by atoms with van der Waals surface area (Å²) in [5.41, 5.74) is 5.70. The Morgan fingerprint density at radius 2 is 1.78 bits per heavy atom. The molecule has 0 radical (unpaired) electrons. The lowest BCUT2D eigenvalue weighted by Crippen LogP contribution is -2.44. The standard InChI is InChI=1S/C18H24N4O5/c1-3-13-6-8-14(9-7-13)27-12-16(24)20-19-15(23)5-4-10-22-17(25)11-21(2)18(22)26/h6-9H,3-5,10-12H2,1-2H3,(H,19,23)(H,20,24). The quantitative estimate of drug-likeness (QED) is 0.506. The van der Waals surface area contributed by atoms with Gasteiger partial charge in [-0.1, -0.05) is 19.1 Å². The first kappa shape index (κ1) is 20.2. The van der Waals surface area contributed by atoms with Crippen molar-refractivity contribution in [2.75, 3.05) is 26.7 Å². The highest BCUT2D eigenvalue weighted by molar-refractivity contribution is 6.01. The van der Waals surface area contributed by atoms with Gasteiger partial charge in [0.25, 0.3) is 5.91 Å². The largest absolute Gasteiger partial charge is 0.484 e. The lowest BCUT2D eigenvalue weighted by atomic mass is 10.2. The van der Waals surface area contributed by atoms with Gasteiger partial charge in [0.2, 0.25) is 11.8 Å². The van der Waals surface area contributed by atoms with E-state index in [2.05, 4.69) is 10.9 Å². The molecule has 0 aliphatic carbocycles. The van der Waals surface area contributed by atoms with Crippen LogP contribution in [0.2, 0.25) is 0 Å². The van der Waals surface area contributed by atoms with E-state index in [1.807, 2.05) is 19.1 Å². The molecule has 1 saturated heterocycles. The second kappa shape index (κ2) is 9.56. The van der Waals surface area contributed by atoms with Gasteiger partial charge in [-0.2, -0.15) is 0 Å². The number of rotatable bonds is 8. The number of carbonyl (C=O) groups excluding carboxylic acids is 4. The zero-order valence-electron chi connectivity index (χ0n) is 15.5. The summed E-state index contributed by atoms with van der Waals surface area (Å²) in [6.45, 7) is 2.04. The first-order chi connectivity index (χ1) is 12.9. The minimum absolute atomic E-state index is 0.0578. The van der Waals surface area contributed by atoms with Gasteiger partial charge in [0, 0.05) is 20.0 Å². The van der Waals surface area contributed by atoms with Crippen LogP contribution >= 0.6 is 0 Å². The van der Waals surface area contributed by atoms with Crippen molar-refractivity contribution in [1.82, 2.24) is 20.7 Å². The Labute approximate surface area is 157 Å². The van der Waals surface area contributed by atoms with Crippen molar-refractivity contribution in [1.29, 1.82) is 0 Å². The molecule has 2 N–H and O–H groups in total. The molecule has 1 aliphatic rings. The second-order valence-electron chi connectivity index (χ2n) is 6.17. The number of aryl methyl sites for hydroxylation is 1. The number of imide groups is 1. The van der Waals surface area contributed by atoms with Crippen molar-refractivity contribution < 1.29 is 23.9 Å². The SMILES string of the molecule is CCc1ccc(OCC(=O)NNC(=O)CCCN2C(=O)CN(C)C2=O)cc1. The fourth-order valence-corrected chi connectivity index (χ4v) is 2.49. The van der Waals surface area contributed by atoms with Gasteiger partial charge in [-0.25, -0.2) is 4.79 Å². The van der Waals surface area contributed by atoms with Crippen LogP contribution in [0.25, 0.3) is 0 Å². The molecule has 0 bridgehead atoms. The van der Waals surface area contributed by atoms with Crippen LogP contribution in [0.3, 0.4) is 0 Å². The van der Waals surface area contributed by atoms with Crippen LogP contribution in [0.1, 0.15) is 25.3 Å². The van der Waals surface area contributed by atoms with Gasteiger partial charge in [-0.3, -0.25) is 30.1 Å². The van der Waals surface area contributed by atoms with Crippen molar-refractivity contribution in [2.24, 2.45) is 0 Å². The maximum absolute atomic E-state index is 11.7. The van der Waals surface area contributed by atoms with E-state index in [1.165, 1.54) is 10.5 Å². The Morgan fingerprint density at radius 3 is 2.37 bits per heavy atom. The lowest BCUT2D eigenvalue weighted by Gasteiger charge is -2.14. The summed E-state index contributed by atoms with van der Waals surface area (Å²) in [6.07, 6.45) is 1.30. The molecule has 0 spiro atoms. The summed E-state index contributed by atoms with van der Waals surface area (Å²) in [5, 5.41) is 0. The third kappa shape index (κ3) is 5.98. The summed E-state index contributed by atoms with van der Waals surface area (Å²) >= 11 is 0. The number of carbonyl (C=O) groups is 4. The van der Waals surface area contributed by atoms with Gasteiger partial charge in [-0.05, 0) is 30.5 Å². The number of hydrogen-bond donors (Lipinski definition) is 2. The molecule has 9 nitrogen and oxygen atoms in total.